The highest BCUT2D eigenvalue weighted by atomic mass is 16.1. The van der Waals surface area contributed by atoms with Crippen LogP contribution in [0.1, 0.15) is 23.7 Å². The summed E-state index contributed by atoms with van der Waals surface area (Å²) in [5.41, 5.74) is 1.44. The van der Waals surface area contributed by atoms with Crippen LogP contribution in [0.2, 0.25) is 0 Å². The Bertz CT molecular complexity index is 474. The Morgan fingerprint density at radius 3 is 2.93 bits per heavy atom. The number of rotatable bonds is 2. The van der Waals surface area contributed by atoms with E-state index < -0.39 is 0 Å². The molecular weight excluding hydrogens is 176 g/mol. The Balaban J connectivity index is 2.71. The summed E-state index contributed by atoms with van der Waals surface area (Å²) in [7, 11) is 0. The van der Waals surface area contributed by atoms with Gasteiger partial charge in [-0.15, -0.1) is 0 Å². The van der Waals surface area contributed by atoms with E-state index in [2.05, 4.69) is 10.2 Å². The fourth-order valence-electron chi connectivity index (χ4n) is 1.42. The highest BCUT2D eigenvalue weighted by Crippen LogP contribution is 2.16. The van der Waals surface area contributed by atoms with Gasteiger partial charge in [0.15, 0.2) is 5.78 Å². The van der Waals surface area contributed by atoms with E-state index in [1.165, 1.54) is 6.20 Å². The molecule has 0 unspecified atom stereocenters. The molecule has 0 atom stereocenters. The quantitative estimate of drug-likeness (QED) is 0.675. The number of fused-ring (bicyclic) bond motifs is 1. The number of benzene rings is 1. The molecule has 3 heteroatoms. The first-order valence-corrected chi connectivity index (χ1v) is 4.56. The predicted molar refractivity (Wildman–Crippen MR) is 54.2 cm³/mol. The Morgan fingerprint density at radius 2 is 2.14 bits per heavy atom. The minimum atomic E-state index is 0.108. The standard InChI is InChI=1S/C11H10N2O/c1-2-11(14)9-7-12-13-10-6-4-3-5-8(9)10/h3-7H,2H2,1H3. The summed E-state index contributed by atoms with van der Waals surface area (Å²) in [6.07, 6.45) is 2.03. The minimum absolute atomic E-state index is 0.108. The van der Waals surface area contributed by atoms with Gasteiger partial charge in [-0.05, 0) is 6.07 Å². The second-order valence-corrected chi connectivity index (χ2v) is 3.05. The number of ketones is 1. The molecule has 0 amide bonds. The van der Waals surface area contributed by atoms with Crippen LogP contribution < -0.4 is 0 Å². The maximum atomic E-state index is 11.6. The maximum absolute atomic E-state index is 11.6. The molecule has 1 aromatic heterocycles. The third kappa shape index (κ3) is 1.37. The van der Waals surface area contributed by atoms with E-state index in [1.807, 2.05) is 31.2 Å². The summed E-state index contributed by atoms with van der Waals surface area (Å²) in [4.78, 5) is 11.6. The van der Waals surface area contributed by atoms with Gasteiger partial charge in [-0.2, -0.15) is 10.2 Å². The van der Waals surface area contributed by atoms with E-state index in [9.17, 15) is 4.79 Å². The fourth-order valence-corrected chi connectivity index (χ4v) is 1.42. The molecule has 2 rings (SSSR count). The first kappa shape index (κ1) is 8.81. The number of nitrogens with zero attached hydrogens (tertiary/aromatic N) is 2. The summed E-state index contributed by atoms with van der Waals surface area (Å²) < 4.78 is 0. The number of aromatic nitrogens is 2. The zero-order chi connectivity index (χ0) is 9.97. The Hall–Kier alpha value is -1.77. The van der Waals surface area contributed by atoms with Crippen LogP contribution in [0.3, 0.4) is 0 Å². The first-order chi connectivity index (χ1) is 6.83. The zero-order valence-electron chi connectivity index (χ0n) is 7.90. The van der Waals surface area contributed by atoms with Gasteiger partial charge in [0.1, 0.15) is 0 Å². The highest BCUT2D eigenvalue weighted by molar-refractivity contribution is 6.06. The SMILES string of the molecule is CCC(=O)c1cnnc2ccccc12. The predicted octanol–water partition coefficient (Wildman–Crippen LogP) is 2.22. The van der Waals surface area contributed by atoms with Crippen molar-refractivity contribution in [2.24, 2.45) is 0 Å². The van der Waals surface area contributed by atoms with Crippen molar-refractivity contribution in [2.75, 3.05) is 0 Å². The molecule has 0 saturated heterocycles. The van der Waals surface area contributed by atoms with E-state index >= 15 is 0 Å². The van der Waals surface area contributed by atoms with Gasteiger partial charge >= 0.3 is 0 Å². The molecule has 70 valence electrons. The molecule has 0 fully saturated rings. The summed E-state index contributed by atoms with van der Waals surface area (Å²) in [5, 5.41) is 8.65. The normalized spacial score (nSPS) is 10.4. The van der Waals surface area contributed by atoms with Crippen molar-refractivity contribution in [3.63, 3.8) is 0 Å². The summed E-state index contributed by atoms with van der Waals surface area (Å²) >= 11 is 0. The third-order valence-electron chi connectivity index (χ3n) is 2.17. The van der Waals surface area contributed by atoms with Gasteiger partial charge in [-0.3, -0.25) is 4.79 Å². The van der Waals surface area contributed by atoms with E-state index in [0.717, 1.165) is 10.9 Å². The monoisotopic (exact) mass is 186 g/mol. The number of carbonyl (C=O) groups is 1. The maximum Gasteiger partial charge on any atom is 0.164 e. The lowest BCUT2D eigenvalue weighted by atomic mass is 10.1. The van der Waals surface area contributed by atoms with Crippen molar-refractivity contribution in [1.82, 2.24) is 10.2 Å². The van der Waals surface area contributed by atoms with Crippen molar-refractivity contribution in [1.29, 1.82) is 0 Å². The van der Waals surface area contributed by atoms with Crippen LogP contribution in [0.15, 0.2) is 30.5 Å². The summed E-state index contributed by atoms with van der Waals surface area (Å²) in [6, 6.07) is 7.54. The second-order valence-electron chi connectivity index (χ2n) is 3.05. The Morgan fingerprint density at radius 1 is 1.36 bits per heavy atom. The number of Topliss-reactive ketones (excluding diaryl/α,β-unsaturated/α-hetero) is 1. The highest BCUT2D eigenvalue weighted by Gasteiger charge is 2.08. The van der Waals surface area contributed by atoms with Crippen molar-refractivity contribution in [2.45, 2.75) is 13.3 Å². The molecule has 0 aliphatic carbocycles. The summed E-state index contributed by atoms with van der Waals surface area (Å²) in [5.74, 6) is 0.108. The van der Waals surface area contributed by atoms with Crippen LogP contribution in [0.25, 0.3) is 10.9 Å². The number of hydrogen-bond donors (Lipinski definition) is 0. The molecule has 0 spiro atoms. The molecule has 3 nitrogen and oxygen atoms in total. The number of carbonyl (C=O) groups excluding carboxylic acids is 1. The molecule has 0 saturated carbocycles. The van der Waals surface area contributed by atoms with Crippen LogP contribution in [0.4, 0.5) is 0 Å². The number of hydrogen-bond acceptors (Lipinski definition) is 3. The minimum Gasteiger partial charge on any atom is -0.294 e. The molecule has 0 aliphatic heterocycles. The van der Waals surface area contributed by atoms with E-state index in [-0.39, 0.29) is 5.78 Å². The second kappa shape index (κ2) is 3.54. The molecule has 0 radical (unpaired) electrons. The molecule has 0 bridgehead atoms. The Kier molecular flexibility index (Phi) is 2.23. The lowest BCUT2D eigenvalue weighted by Crippen LogP contribution is -1.99. The summed E-state index contributed by atoms with van der Waals surface area (Å²) in [6.45, 7) is 1.84. The largest absolute Gasteiger partial charge is 0.294 e. The molecule has 2 aromatic rings. The van der Waals surface area contributed by atoms with Crippen molar-refractivity contribution in [3.05, 3.63) is 36.0 Å². The zero-order valence-corrected chi connectivity index (χ0v) is 7.90. The van der Waals surface area contributed by atoms with Gasteiger partial charge in [0, 0.05) is 17.4 Å². The fraction of sp³-hybridized carbons (Fsp3) is 0.182. The van der Waals surface area contributed by atoms with Gasteiger partial charge in [-0.25, -0.2) is 0 Å². The van der Waals surface area contributed by atoms with Crippen LogP contribution in [-0.4, -0.2) is 16.0 Å². The van der Waals surface area contributed by atoms with E-state index in [1.54, 1.807) is 0 Å². The smallest absolute Gasteiger partial charge is 0.164 e. The van der Waals surface area contributed by atoms with E-state index in [4.69, 9.17) is 0 Å². The van der Waals surface area contributed by atoms with Gasteiger partial charge in [-0.1, -0.05) is 25.1 Å². The molecule has 0 aliphatic rings. The Labute approximate surface area is 81.8 Å². The molecule has 1 aromatic carbocycles. The molecule has 1 heterocycles. The van der Waals surface area contributed by atoms with Crippen molar-refractivity contribution >= 4 is 16.7 Å². The molecule has 14 heavy (non-hydrogen) atoms. The average Bonchev–Trinajstić information content (AvgIpc) is 2.27. The van der Waals surface area contributed by atoms with Gasteiger partial charge in [0.25, 0.3) is 0 Å². The van der Waals surface area contributed by atoms with Crippen molar-refractivity contribution in [3.8, 4) is 0 Å². The van der Waals surface area contributed by atoms with E-state index in [0.29, 0.717) is 12.0 Å². The van der Waals surface area contributed by atoms with Crippen LogP contribution in [-0.2, 0) is 0 Å². The van der Waals surface area contributed by atoms with Crippen molar-refractivity contribution < 1.29 is 4.79 Å². The molecule has 0 N–H and O–H groups in total. The van der Waals surface area contributed by atoms with Crippen LogP contribution in [0.5, 0.6) is 0 Å². The van der Waals surface area contributed by atoms with Crippen LogP contribution in [0, 0.1) is 0 Å². The third-order valence-corrected chi connectivity index (χ3v) is 2.17. The van der Waals surface area contributed by atoms with Gasteiger partial charge in [0.2, 0.25) is 0 Å². The first-order valence-electron chi connectivity index (χ1n) is 4.56. The van der Waals surface area contributed by atoms with Crippen LogP contribution >= 0.6 is 0 Å². The average molecular weight is 186 g/mol. The topological polar surface area (TPSA) is 42.9 Å². The lowest BCUT2D eigenvalue weighted by Gasteiger charge is -2.01. The van der Waals surface area contributed by atoms with Gasteiger partial charge < -0.3 is 0 Å². The van der Waals surface area contributed by atoms with Gasteiger partial charge in [0.05, 0.1) is 11.7 Å². The lowest BCUT2D eigenvalue weighted by molar-refractivity contribution is 0.0989. The molecular formula is C11H10N2O.